The van der Waals surface area contributed by atoms with Crippen LogP contribution in [-0.2, 0) is 0 Å². The van der Waals surface area contributed by atoms with E-state index in [1.807, 2.05) is 0 Å². The van der Waals surface area contributed by atoms with Gasteiger partial charge in [-0.1, -0.05) is 13.8 Å². The van der Waals surface area contributed by atoms with Crippen molar-refractivity contribution in [3.05, 3.63) is 17.0 Å². The van der Waals surface area contributed by atoms with Gasteiger partial charge in [-0.05, 0) is 28.8 Å². The molecule has 3 nitrogen and oxygen atoms in total. The van der Waals surface area contributed by atoms with Crippen molar-refractivity contribution in [1.29, 1.82) is 0 Å². The van der Waals surface area contributed by atoms with Crippen LogP contribution in [0.15, 0.2) is 17.0 Å². The van der Waals surface area contributed by atoms with E-state index >= 15 is 0 Å². The highest BCUT2D eigenvalue weighted by molar-refractivity contribution is 9.10. The standard InChI is InChI=1S/C10H16BrN3/c1-4-8(5-2)14(3)10-9(11)6-12-7-13-10/h6-8H,4-5H2,1-3H3. The molecule has 4 heteroatoms. The molecule has 0 bridgehead atoms. The Bertz CT molecular complexity index is 286. The SMILES string of the molecule is CCC(CC)N(C)c1ncncc1Br. The van der Waals surface area contributed by atoms with E-state index < -0.39 is 0 Å². The lowest BCUT2D eigenvalue weighted by Crippen LogP contribution is -2.31. The first-order valence-electron chi connectivity index (χ1n) is 4.89. The summed E-state index contributed by atoms with van der Waals surface area (Å²) in [4.78, 5) is 10.4. The predicted molar refractivity (Wildman–Crippen MR) is 62.5 cm³/mol. The molecular weight excluding hydrogens is 242 g/mol. The molecule has 1 aromatic rings. The van der Waals surface area contributed by atoms with Gasteiger partial charge in [0.05, 0.1) is 4.47 Å². The molecule has 0 aliphatic heterocycles. The van der Waals surface area contributed by atoms with Gasteiger partial charge >= 0.3 is 0 Å². The van der Waals surface area contributed by atoms with Crippen LogP contribution in [0, 0.1) is 0 Å². The minimum atomic E-state index is 0.543. The van der Waals surface area contributed by atoms with Crippen LogP contribution in [0.1, 0.15) is 26.7 Å². The minimum absolute atomic E-state index is 0.543. The van der Waals surface area contributed by atoms with E-state index in [2.05, 4.69) is 51.7 Å². The molecule has 0 aliphatic carbocycles. The smallest absolute Gasteiger partial charge is 0.146 e. The Labute approximate surface area is 93.7 Å². The van der Waals surface area contributed by atoms with E-state index in [0.29, 0.717) is 6.04 Å². The van der Waals surface area contributed by atoms with Crippen LogP contribution in [-0.4, -0.2) is 23.1 Å². The molecule has 0 aromatic carbocycles. The first-order valence-corrected chi connectivity index (χ1v) is 5.68. The maximum atomic E-state index is 4.26. The van der Waals surface area contributed by atoms with Crippen LogP contribution in [0.2, 0.25) is 0 Å². The number of hydrogen-bond donors (Lipinski definition) is 0. The largest absolute Gasteiger partial charge is 0.356 e. The van der Waals surface area contributed by atoms with Gasteiger partial charge in [-0.15, -0.1) is 0 Å². The van der Waals surface area contributed by atoms with E-state index in [4.69, 9.17) is 0 Å². The summed E-state index contributed by atoms with van der Waals surface area (Å²) in [6.07, 6.45) is 5.62. The van der Waals surface area contributed by atoms with E-state index in [0.717, 1.165) is 23.1 Å². The Morgan fingerprint density at radius 1 is 1.43 bits per heavy atom. The van der Waals surface area contributed by atoms with Gasteiger partial charge in [0.15, 0.2) is 0 Å². The second-order valence-corrected chi connectivity index (χ2v) is 4.13. The zero-order valence-corrected chi connectivity index (χ0v) is 10.5. The molecule has 78 valence electrons. The van der Waals surface area contributed by atoms with Gasteiger partial charge in [0, 0.05) is 19.3 Å². The molecule has 14 heavy (non-hydrogen) atoms. The lowest BCUT2D eigenvalue weighted by molar-refractivity contribution is 0.585. The summed E-state index contributed by atoms with van der Waals surface area (Å²) >= 11 is 3.46. The maximum absolute atomic E-state index is 4.26. The first kappa shape index (κ1) is 11.4. The fourth-order valence-corrected chi connectivity index (χ4v) is 2.08. The van der Waals surface area contributed by atoms with Gasteiger partial charge in [-0.3, -0.25) is 0 Å². The lowest BCUT2D eigenvalue weighted by Gasteiger charge is -2.27. The zero-order valence-electron chi connectivity index (χ0n) is 8.87. The summed E-state index contributed by atoms with van der Waals surface area (Å²) in [7, 11) is 2.07. The summed E-state index contributed by atoms with van der Waals surface area (Å²) in [6.45, 7) is 4.39. The van der Waals surface area contributed by atoms with Crippen LogP contribution in [0.4, 0.5) is 5.82 Å². The first-order chi connectivity index (χ1) is 6.70. The van der Waals surface area contributed by atoms with Crippen LogP contribution in [0.5, 0.6) is 0 Å². The van der Waals surface area contributed by atoms with Crippen LogP contribution >= 0.6 is 15.9 Å². The normalized spacial score (nSPS) is 10.6. The molecule has 0 aliphatic rings. The Morgan fingerprint density at radius 2 is 2.07 bits per heavy atom. The molecule has 0 atom stereocenters. The van der Waals surface area contributed by atoms with Crippen molar-refractivity contribution in [1.82, 2.24) is 9.97 Å². The lowest BCUT2D eigenvalue weighted by atomic mass is 10.1. The fourth-order valence-electron chi connectivity index (χ4n) is 1.58. The summed E-state index contributed by atoms with van der Waals surface area (Å²) in [5.41, 5.74) is 0. The van der Waals surface area contributed by atoms with Crippen molar-refractivity contribution in [3.8, 4) is 0 Å². The van der Waals surface area contributed by atoms with Gasteiger partial charge in [0.25, 0.3) is 0 Å². The van der Waals surface area contributed by atoms with Gasteiger partial charge in [0.1, 0.15) is 12.1 Å². The highest BCUT2D eigenvalue weighted by Crippen LogP contribution is 2.24. The molecule has 0 amide bonds. The number of hydrogen-bond acceptors (Lipinski definition) is 3. The Morgan fingerprint density at radius 3 is 2.57 bits per heavy atom. The predicted octanol–water partition coefficient (Wildman–Crippen LogP) is 2.86. The van der Waals surface area contributed by atoms with E-state index in [9.17, 15) is 0 Å². The van der Waals surface area contributed by atoms with E-state index in [1.165, 1.54) is 0 Å². The van der Waals surface area contributed by atoms with Crippen molar-refractivity contribution < 1.29 is 0 Å². The second-order valence-electron chi connectivity index (χ2n) is 3.28. The molecule has 0 unspecified atom stereocenters. The third kappa shape index (κ3) is 2.44. The quantitative estimate of drug-likeness (QED) is 0.831. The second kappa shape index (κ2) is 5.29. The average Bonchev–Trinajstić information content (AvgIpc) is 2.20. The molecule has 0 saturated carbocycles. The molecule has 1 aromatic heterocycles. The molecule has 0 saturated heterocycles. The maximum Gasteiger partial charge on any atom is 0.146 e. The van der Waals surface area contributed by atoms with E-state index in [-0.39, 0.29) is 0 Å². The number of nitrogens with zero attached hydrogens (tertiary/aromatic N) is 3. The van der Waals surface area contributed by atoms with Crippen LogP contribution in [0.25, 0.3) is 0 Å². The Balaban J connectivity index is 2.88. The minimum Gasteiger partial charge on any atom is -0.356 e. The third-order valence-electron chi connectivity index (χ3n) is 2.47. The summed E-state index contributed by atoms with van der Waals surface area (Å²) < 4.78 is 0.953. The number of rotatable bonds is 4. The van der Waals surface area contributed by atoms with Gasteiger partial charge in [-0.25, -0.2) is 9.97 Å². The monoisotopic (exact) mass is 257 g/mol. The van der Waals surface area contributed by atoms with Crippen molar-refractivity contribution in [3.63, 3.8) is 0 Å². The molecular formula is C10H16BrN3. The number of halogens is 1. The summed E-state index contributed by atoms with van der Waals surface area (Å²) in [5.74, 6) is 0.966. The highest BCUT2D eigenvalue weighted by atomic mass is 79.9. The fraction of sp³-hybridized carbons (Fsp3) is 0.600. The Kier molecular flexibility index (Phi) is 4.32. The topological polar surface area (TPSA) is 29.0 Å². The average molecular weight is 258 g/mol. The van der Waals surface area contributed by atoms with Gasteiger partial charge < -0.3 is 4.90 Å². The molecule has 0 spiro atoms. The Hall–Kier alpha value is -0.640. The van der Waals surface area contributed by atoms with Gasteiger partial charge in [-0.2, -0.15) is 0 Å². The van der Waals surface area contributed by atoms with Crippen molar-refractivity contribution in [2.75, 3.05) is 11.9 Å². The highest BCUT2D eigenvalue weighted by Gasteiger charge is 2.14. The van der Waals surface area contributed by atoms with Crippen molar-refractivity contribution >= 4 is 21.7 Å². The third-order valence-corrected chi connectivity index (χ3v) is 3.03. The van der Waals surface area contributed by atoms with E-state index in [1.54, 1.807) is 12.5 Å². The van der Waals surface area contributed by atoms with Crippen LogP contribution in [0.3, 0.4) is 0 Å². The molecule has 0 N–H and O–H groups in total. The number of aromatic nitrogens is 2. The van der Waals surface area contributed by atoms with Crippen molar-refractivity contribution in [2.45, 2.75) is 32.7 Å². The zero-order chi connectivity index (χ0) is 10.6. The summed E-state index contributed by atoms with van der Waals surface area (Å²) in [6, 6.07) is 0.543. The molecule has 0 radical (unpaired) electrons. The van der Waals surface area contributed by atoms with Crippen molar-refractivity contribution in [2.24, 2.45) is 0 Å². The van der Waals surface area contributed by atoms with Gasteiger partial charge in [0.2, 0.25) is 0 Å². The van der Waals surface area contributed by atoms with Crippen LogP contribution < -0.4 is 4.90 Å². The molecule has 1 heterocycles. The molecule has 1 rings (SSSR count). The molecule has 0 fully saturated rings. The number of anilines is 1. The summed E-state index contributed by atoms with van der Waals surface area (Å²) in [5, 5.41) is 0.